The van der Waals surface area contributed by atoms with E-state index in [9.17, 15) is 14.4 Å². The number of hydrogen-bond donors (Lipinski definition) is 2. The van der Waals surface area contributed by atoms with Crippen LogP contribution in [0, 0.1) is 5.92 Å². The summed E-state index contributed by atoms with van der Waals surface area (Å²) in [6, 6.07) is -1.51. The van der Waals surface area contributed by atoms with E-state index < -0.39 is 29.9 Å². The van der Waals surface area contributed by atoms with Crippen molar-refractivity contribution in [3.8, 4) is 0 Å². The zero-order chi connectivity index (χ0) is 11.4. The van der Waals surface area contributed by atoms with Crippen molar-refractivity contribution in [2.24, 2.45) is 5.92 Å². The van der Waals surface area contributed by atoms with E-state index in [1.165, 1.54) is 7.11 Å². The van der Waals surface area contributed by atoms with Gasteiger partial charge in [-0.2, -0.15) is 0 Å². The number of hydrogen-bond acceptors (Lipinski definition) is 4. The first-order valence-corrected chi connectivity index (χ1v) is 4.79. The van der Waals surface area contributed by atoms with Gasteiger partial charge in [0.2, 0.25) is 5.91 Å². The normalized spacial score (nSPS) is 25.5. The molecule has 6 heteroatoms. The second-order valence-electron chi connectivity index (χ2n) is 3.36. The summed E-state index contributed by atoms with van der Waals surface area (Å²) in [6.07, 6.45) is 1.29. The zero-order valence-electron chi connectivity index (χ0n) is 8.70. The lowest BCUT2D eigenvalue weighted by Crippen LogP contribution is -2.61. The molecule has 0 unspecified atom stereocenters. The van der Waals surface area contributed by atoms with Gasteiger partial charge in [-0.15, -0.1) is 0 Å². The van der Waals surface area contributed by atoms with Crippen LogP contribution >= 0.6 is 0 Å². The number of urea groups is 1. The first-order chi connectivity index (χ1) is 7.10. The molecule has 1 rings (SSSR count). The molecule has 1 aliphatic heterocycles. The quantitative estimate of drug-likeness (QED) is 0.636. The van der Waals surface area contributed by atoms with E-state index in [0.29, 0.717) is 6.42 Å². The molecule has 15 heavy (non-hydrogen) atoms. The van der Waals surface area contributed by atoms with Crippen molar-refractivity contribution in [3.05, 3.63) is 0 Å². The molecule has 0 saturated carbocycles. The van der Waals surface area contributed by atoms with Gasteiger partial charge in [0.15, 0.2) is 0 Å². The number of carbonyl (C=O) groups excluding carboxylic acids is 3. The second kappa shape index (κ2) is 4.77. The number of esters is 1. The molecule has 0 radical (unpaired) electrons. The molecule has 6 nitrogen and oxygen atoms in total. The number of carbonyl (C=O) groups is 3. The molecular weight excluding hydrogens is 200 g/mol. The van der Waals surface area contributed by atoms with E-state index >= 15 is 0 Å². The summed E-state index contributed by atoms with van der Waals surface area (Å²) in [5, 5.41) is 4.51. The minimum Gasteiger partial charge on any atom is -0.467 e. The van der Waals surface area contributed by atoms with Crippen molar-refractivity contribution in [2.45, 2.75) is 25.8 Å². The van der Waals surface area contributed by atoms with Crippen molar-refractivity contribution in [2.75, 3.05) is 7.11 Å². The van der Waals surface area contributed by atoms with Crippen LogP contribution in [-0.2, 0) is 14.3 Å². The molecule has 2 atom stereocenters. The van der Waals surface area contributed by atoms with E-state index in [0.717, 1.165) is 6.42 Å². The zero-order valence-corrected chi connectivity index (χ0v) is 8.70. The molecule has 0 spiro atoms. The maximum Gasteiger partial charge on any atom is 0.329 e. The molecule has 84 valence electrons. The van der Waals surface area contributed by atoms with Crippen molar-refractivity contribution in [3.63, 3.8) is 0 Å². The van der Waals surface area contributed by atoms with E-state index in [1.807, 2.05) is 6.92 Å². The van der Waals surface area contributed by atoms with Gasteiger partial charge in [-0.25, -0.2) is 9.59 Å². The molecule has 1 fully saturated rings. The fraction of sp³-hybridized carbons (Fsp3) is 0.667. The average molecular weight is 214 g/mol. The molecule has 0 aromatic heterocycles. The van der Waals surface area contributed by atoms with Crippen molar-refractivity contribution in [1.29, 1.82) is 0 Å². The third kappa shape index (κ3) is 2.45. The summed E-state index contributed by atoms with van der Waals surface area (Å²) in [6.45, 7) is 1.90. The smallest absolute Gasteiger partial charge is 0.329 e. The van der Waals surface area contributed by atoms with E-state index in [-0.39, 0.29) is 0 Å². The predicted molar refractivity (Wildman–Crippen MR) is 50.9 cm³/mol. The van der Waals surface area contributed by atoms with Crippen LogP contribution in [0.4, 0.5) is 4.79 Å². The van der Waals surface area contributed by atoms with Gasteiger partial charge in [-0.3, -0.25) is 10.1 Å². The summed E-state index contributed by atoms with van der Waals surface area (Å²) < 4.78 is 4.53. The molecule has 1 aliphatic rings. The van der Waals surface area contributed by atoms with Crippen LogP contribution in [0.15, 0.2) is 0 Å². The van der Waals surface area contributed by atoms with Crippen molar-refractivity contribution >= 4 is 17.9 Å². The summed E-state index contributed by atoms with van der Waals surface area (Å²) in [4.78, 5) is 33.8. The number of ether oxygens (including phenoxy) is 1. The second-order valence-corrected chi connectivity index (χ2v) is 3.36. The molecule has 0 aliphatic carbocycles. The first-order valence-electron chi connectivity index (χ1n) is 4.79. The van der Waals surface area contributed by atoms with Gasteiger partial charge in [0.05, 0.1) is 13.0 Å². The average Bonchev–Trinajstić information content (AvgIpc) is 2.20. The number of amides is 3. The summed E-state index contributed by atoms with van der Waals surface area (Å²) in [5.41, 5.74) is 0. The van der Waals surface area contributed by atoms with Gasteiger partial charge >= 0.3 is 12.0 Å². The topological polar surface area (TPSA) is 84.5 Å². The Morgan fingerprint density at radius 3 is 2.67 bits per heavy atom. The van der Waals surface area contributed by atoms with Crippen LogP contribution in [0.2, 0.25) is 0 Å². The van der Waals surface area contributed by atoms with Gasteiger partial charge in [0, 0.05) is 0 Å². The van der Waals surface area contributed by atoms with Crippen molar-refractivity contribution < 1.29 is 19.1 Å². The van der Waals surface area contributed by atoms with Crippen LogP contribution in [0.25, 0.3) is 0 Å². The molecule has 0 aromatic carbocycles. The van der Waals surface area contributed by atoms with Gasteiger partial charge in [-0.1, -0.05) is 13.3 Å². The Kier molecular flexibility index (Phi) is 3.65. The summed E-state index contributed by atoms with van der Waals surface area (Å²) in [7, 11) is 1.23. The molecule has 2 N–H and O–H groups in total. The Labute approximate surface area is 87.4 Å². The predicted octanol–water partition coefficient (Wildman–Crippen LogP) is -0.216. The van der Waals surface area contributed by atoms with Crippen LogP contribution in [0.1, 0.15) is 19.8 Å². The minimum absolute atomic E-state index is 0.420. The third-order valence-corrected chi connectivity index (χ3v) is 2.32. The van der Waals surface area contributed by atoms with E-state index in [4.69, 9.17) is 0 Å². The molecule has 0 bridgehead atoms. The van der Waals surface area contributed by atoms with Gasteiger partial charge in [-0.05, 0) is 6.42 Å². The van der Waals surface area contributed by atoms with Crippen LogP contribution in [-0.4, -0.2) is 31.1 Å². The highest BCUT2D eigenvalue weighted by molar-refractivity contribution is 6.02. The highest BCUT2D eigenvalue weighted by Gasteiger charge is 2.39. The maximum absolute atomic E-state index is 11.4. The Bertz CT molecular complexity index is 290. The summed E-state index contributed by atoms with van der Waals surface area (Å²) >= 11 is 0. The lowest BCUT2D eigenvalue weighted by atomic mass is 9.92. The summed E-state index contributed by atoms with van der Waals surface area (Å²) in [5.74, 6) is -1.55. The van der Waals surface area contributed by atoms with E-state index in [2.05, 4.69) is 15.4 Å². The largest absolute Gasteiger partial charge is 0.467 e. The first kappa shape index (κ1) is 11.5. The standard InChI is InChI=1S/C9H14N2O4/c1-3-4-5-6(8(13)15-2)10-9(14)11-7(5)12/h5-6H,3-4H2,1-2H3,(H2,10,11,12,14)/t5-,6+/m1/s1. The SMILES string of the molecule is CCC[C@H]1C(=O)NC(=O)N[C@@H]1C(=O)OC. The number of imide groups is 1. The maximum atomic E-state index is 11.4. The number of rotatable bonds is 3. The molecule has 0 aromatic rings. The van der Waals surface area contributed by atoms with Gasteiger partial charge in [0.1, 0.15) is 6.04 Å². The van der Waals surface area contributed by atoms with Crippen LogP contribution < -0.4 is 10.6 Å². The third-order valence-electron chi connectivity index (χ3n) is 2.32. The van der Waals surface area contributed by atoms with Gasteiger partial charge in [0.25, 0.3) is 0 Å². The lowest BCUT2D eigenvalue weighted by molar-refractivity contribution is -0.148. The fourth-order valence-electron chi connectivity index (χ4n) is 1.59. The van der Waals surface area contributed by atoms with Crippen molar-refractivity contribution in [1.82, 2.24) is 10.6 Å². The molecule has 1 saturated heterocycles. The van der Waals surface area contributed by atoms with Gasteiger partial charge < -0.3 is 10.1 Å². The monoisotopic (exact) mass is 214 g/mol. The molecular formula is C9H14N2O4. The highest BCUT2D eigenvalue weighted by atomic mass is 16.5. The Hall–Kier alpha value is -1.59. The number of nitrogens with one attached hydrogen (secondary N) is 2. The van der Waals surface area contributed by atoms with Crippen LogP contribution in [0.3, 0.4) is 0 Å². The minimum atomic E-state index is -0.865. The Morgan fingerprint density at radius 2 is 2.13 bits per heavy atom. The molecule has 3 amide bonds. The molecule has 1 heterocycles. The fourth-order valence-corrected chi connectivity index (χ4v) is 1.59. The van der Waals surface area contributed by atoms with Crippen LogP contribution in [0.5, 0.6) is 0 Å². The Balaban J connectivity index is 2.81. The Morgan fingerprint density at radius 1 is 1.47 bits per heavy atom. The number of methoxy groups -OCH3 is 1. The lowest BCUT2D eigenvalue weighted by Gasteiger charge is -2.29. The van der Waals surface area contributed by atoms with E-state index in [1.54, 1.807) is 0 Å². The highest BCUT2D eigenvalue weighted by Crippen LogP contribution is 2.16.